The number of hydrogen-bond donors (Lipinski definition) is 2. The lowest BCUT2D eigenvalue weighted by Crippen LogP contribution is -2.21. The standard InChI is InChI=1S/C26H30N8O.C18H20ClN5.C8H11N3O/c1-26(2)17-35-25-20(26)13-24(31-32-25)30-23-7-6-21-22(29-23)12-18(14-27-21)19-15-28-34(16-19)11-5-10-33-8-3-4-9-33;19-18-5-4-16-17(22-18)10-14(11-20-16)15-12-21-24(13-15)9-3-8-23-6-1-2-7-23;1-8(2)4-12-7-5(8)3-6(9)10-11-7/h6-7,12-16H,3-5,8-11,17H2,1-2H3,(H,29,30,31);4-5,10-13H,1-3,6-9H2;3H,4H2,1-2H3,(H2,9,10). The number of aryl methyl sites for hydroxylation is 2. The summed E-state index contributed by atoms with van der Waals surface area (Å²) in [5.74, 6) is 3.02. The van der Waals surface area contributed by atoms with Gasteiger partial charge in [0.1, 0.15) is 16.8 Å². The van der Waals surface area contributed by atoms with Crippen molar-refractivity contribution in [2.24, 2.45) is 0 Å². The number of fused-ring (bicyclic) bond motifs is 4. The Kier molecular flexibility index (Phi) is 14.0. The van der Waals surface area contributed by atoms with E-state index in [-0.39, 0.29) is 10.8 Å². The van der Waals surface area contributed by atoms with Crippen LogP contribution < -0.4 is 20.5 Å². The predicted molar refractivity (Wildman–Crippen MR) is 276 cm³/mol. The number of hydrogen-bond acceptors (Lipinski definition) is 16. The molecule has 8 aromatic rings. The fourth-order valence-electron chi connectivity index (χ4n) is 9.37. The number of ether oxygens (including phenoxy) is 2. The minimum absolute atomic E-state index is 0.0133. The minimum atomic E-state index is -0.0873. The van der Waals surface area contributed by atoms with Gasteiger partial charge in [0, 0.05) is 82.1 Å². The largest absolute Gasteiger partial charge is 0.475 e. The molecule has 12 rings (SSSR count). The number of pyridine rings is 4. The lowest BCUT2D eigenvalue weighted by atomic mass is 9.88. The summed E-state index contributed by atoms with van der Waals surface area (Å²) in [6, 6.07) is 15.4. The molecule has 19 heteroatoms. The van der Waals surface area contributed by atoms with E-state index < -0.39 is 0 Å². The van der Waals surface area contributed by atoms with E-state index in [1.54, 1.807) is 6.07 Å². The number of nitrogen functional groups attached to an aromatic ring is 1. The van der Waals surface area contributed by atoms with Gasteiger partial charge in [-0.2, -0.15) is 10.2 Å². The number of rotatable bonds is 12. The highest BCUT2D eigenvalue weighted by atomic mass is 35.5. The first kappa shape index (κ1) is 47.8. The molecule has 0 unspecified atom stereocenters. The molecule has 0 radical (unpaired) electrons. The third-order valence-electron chi connectivity index (χ3n) is 13.5. The second-order valence-electron chi connectivity index (χ2n) is 20.1. The third kappa shape index (κ3) is 11.5. The maximum absolute atomic E-state index is 5.97. The van der Waals surface area contributed by atoms with Crippen LogP contribution in [0.4, 0.5) is 17.5 Å². The molecular formula is C52H61ClN16O2. The first-order chi connectivity index (χ1) is 34.4. The molecule has 3 N–H and O–H groups in total. The van der Waals surface area contributed by atoms with Gasteiger partial charge in [0.25, 0.3) is 0 Å². The highest BCUT2D eigenvalue weighted by molar-refractivity contribution is 6.29. The molecule has 368 valence electrons. The number of nitrogens with two attached hydrogens (primary N) is 1. The zero-order valence-electron chi connectivity index (χ0n) is 40.9. The van der Waals surface area contributed by atoms with Gasteiger partial charge in [-0.15, -0.1) is 20.4 Å². The maximum Gasteiger partial charge on any atom is 0.237 e. The highest BCUT2D eigenvalue weighted by Gasteiger charge is 2.34. The molecule has 4 aliphatic heterocycles. The van der Waals surface area contributed by atoms with Crippen LogP contribution in [0.5, 0.6) is 11.8 Å². The molecule has 2 saturated heterocycles. The summed E-state index contributed by atoms with van der Waals surface area (Å²) in [4.78, 5) is 23.3. The number of likely N-dealkylation sites (tertiary alicyclic amines) is 2. The second-order valence-corrected chi connectivity index (χ2v) is 20.4. The Morgan fingerprint density at radius 1 is 0.563 bits per heavy atom. The Bertz CT molecular complexity index is 3120. The van der Waals surface area contributed by atoms with Gasteiger partial charge >= 0.3 is 0 Å². The van der Waals surface area contributed by atoms with Crippen LogP contribution in [0.25, 0.3) is 44.3 Å². The Morgan fingerprint density at radius 2 is 1.08 bits per heavy atom. The molecule has 12 heterocycles. The van der Waals surface area contributed by atoms with Crippen LogP contribution in [0.2, 0.25) is 5.15 Å². The quantitative estimate of drug-likeness (QED) is 0.110. The summed E-state index contributed by atoms with van der Waals surface area (Å²) in [5.41, 5.74) is 15.0. The fraction of sp³-hybridized carbons (Fsp3) is 0.423. The summed E-state index contributed by atoms with van der Waals surface area (Å²) < 4.78 is 15.0. The van der Waals surface area contributed by atoms with Gasteiger partial charge in [-0.25, -0.2) is 9.97 Å². The van der Waals surface area contributed by atoms with Crippen LogP contribution in [0.1, 0.15) is 77.3 Å². The molecule has 0 amide bonds. The summed E-state index contributed by atoms with van der Waals surface area (Å²) in [6.45, 7) is 18.9. The van der Waals surface area contributed by atoms with Crippen molar-refractivity contribution in [3.05, 3.63) is 102 Å². The molecule has 0 atom stereocenters. The zero-order chi connectivity index (χ0) is 49.0. The number of aromatic nitrogens is 12. The monoisotopic (exact) mass is 976 g/mol. The smallest absolute Gasteiger partial charge is 0.237 e. The van der Waals surface area contributed by atoms with E-state index in [9.17, 15) is 0 Å². The normalized spacial score (nSPS) is 16.7. The average Bonchev–Trinajstić information content (AvgIpc) is 4.25. The topological polar surface area (TPSA) is 202 Å². The molecule has 18 nitrogen and oxygen atoms in total. The van der Waals surface area contributed by atoms with E-state index in [1.807, 2.05) is 70.5 Å². The SMILES string of the molecule is CC1(C)COc2nnc(N)cc21.CC1(C)COc2nnc(Nc3ccc4ncc(-c5cnn(CCCN6CCCC6)c5)cc4n3)cc21.Clc1ccc2ncc(-c3cnn(CCCN4CCCC4)c3)cc2n1. The molecule has 4 aliphatic rings. The molecular weight excluding hydrogens is 916 g/mol. The van der Waals surface area contributed by atoms with Crippen molar-refractivity contribution < 1.29 is 9.47 Å². The zero-order valence-corrected chi connectivity index (χ0v) is 41.7. The maximum atomic E-state index is 5.97. The van der Waals surface area contributed by atoms with Gasteiger partial charge in [-0.1, -0.05) is 39.3 Å². The lowest BCUT2D eigenvalue weighted by Gasteiger charge is -2.15. The van der Waals surface area contributed by atoms with Gasteiger partial charge in [-0.05, 0) is 126 Å². The van der Waals surface area contributed by atoms with Crippen LogP contribution in [-0.2, 0) is 23.9 Å². The van der Waals surface area contributed by atoms with Crippen LogP contribution >= 0.6 is 11.6 Å². The summed E-state index contributed by atoms with van der Waals surface area (Å²) >= 11 is 5.97. The van der Waals surface area contributed by atoms with E-state index in [0.29, 0.717) is 47.6 Å². The predicted octanol–water partition coefficient (Wildman–Crippen LogP) is 8.54. The van der Waals surface area contributed by atoms with Crippen molar-refractivity contribution in [2.45, 2.75) is 90.1 Å². The number of halogens is 1. The van der Waals surface area contributed by atoms with E-state index in [0.717, 1.165) is 94.5 Å². The van der Waals surface area contributed by atoms with Crippen molar-refractivity contribution in [1.29, 1.82) is 0 Å². The Hall–Kier alpha value is -6.89. The van der Waals surface area contributed by atoms with E-state index in [2.05, 4.69) is 107 Å². The highest BCUT2D eigenvalue weighted by Crippen LogP contribution is 2.38. The minimum Gasteiger partial charge on any atom is -0.475 e. The van der Waals surface area contributed by atoms with Crippen LogP contribution in [0.3, 0.4) is 0 Å². The van der Waals surface area contributed by atoms with Gasteiger partial charge in [0.05, 0.1) is 47.7 Å². The van der Waals surface area contributed by atoms with E-state index in [4.69, 9.17) is 31.8 Å². The van der Waals surface area contributed by atoms with Gasteiger partial charge in [0.2, 0.25) is 11.8 Å². The first-order valence-electron chi connectivity index (χ1n) is 24.6. The van der Waals surface area contributed by atoms with Crippen molar-refractivity contribution in [1.82, 2.24) is 69.7 Å². The van der Waals surface area contributed by atoms with Crippen LogP contribution in [0, 0.1) is 0 Å². The Labute approximate surface area is 418 Å². The molecule has 0 bridgehead atoms. The van der Waals surface area contributed by atoms with Crippen molar-refractivity contribution in [2.75, 3.05) is 63.5 Å². The molecule has 0 saturated carbocycles. The molecule has 0 aromatic carbocycles. The van der Waals surface area contributed by atoms with Gasteiger partial charge in [0.15, 0.2) is 5.82 Å². The van der Waals surface area contributed by atoms with E-state index in [1.165, 1.54) is 51.9 Å². The number of nitrogens with one attached hydrogen (secondary N) is 1. The van der Waals surface area contributed by atoms with E-state index >= 15 is 0 Å². The second kappa shape index (κ2) is 20.8. The van der Waals surface area contributed by atoms with Gasteiger partial charge < -0.3 is 30.3 Å². The van der Waals surface area contributed by atoms with Crippen molar-refractivity contribution >= 4 is 51.1 Å². The molecule has 71 heavy (non-hydrogen) atoms. The Balaban J connectivity index is 0.000000139. The molecule has 0 aliphatic carbocycles. The van der Waals surface area contributed by atoms with Crippen molar-refractivity contribution in [3.8, 4) is 34.0 Å². The lowest BCUT2D eigenvalue weighted by molar-refractivity contribution is 0.282. The average molecular weight is 978 g/mol. The molecule has 2 fully saturated rings. The van der Waals surface area contributed by atoms with Crippen molar-refractivity contribution in [3.63, 3.8) is 0 Å². The van der Waals surface area contributed by atoms with Crippen LogP contribution in [0.15, 0.2) is 85.7 Å². The van der Waals surface area contributed by atoms with Gasteiger partial charge in [-0.3, -0.25) is 19.3 Å². The third-order valence-corrected chi connectivity index (χ3v) is 13.7. The van der Waals surface area contributed by atoms with Crippen LogP contribution in [-0.4, -0.2) is 122 Å². The Morgan fingerprint density at radius 3 is 1.66 bits per heavy atom. The number of anilines is 3. The fourth-order valence-corrected chi connectivity index (χ4v) is 9.53. The first-order valence-corrected chi connectivity index (χ1v) is 25.0. The summed E-state index contributed by atoms with van der Waals surface area (Å²) in [5, 5.41) is 28.9. The molecule has 8 aromatic heterocycles. The molecule has 0 spiro atoms. The number of nitrogens with zero attached hydrogens (tertiary/aromatic N) is 14. The summed E-state index contributed by atoms with van der Waals surface area (Å²) in [7, 11) is 0. The summed E-state index contributed by atoms with van der Waals surface area (Å²) in [6.07, 6.45) is 19.3.